The van der Waals surface area contributed by atoms with Gasteiger partial charge in [0.25, 0.3) is 0 Å². The van der Waals surface area contributed by atoms with E-state index in [1.807, 2.05) is 0 Å². The second kappa shape index (κ2) is 6.25. The zero-order valence-corrected chi connectivity index (χ0v) is 15.0. The summed E-state index contributed by atoms with van der Waals surface area (Å²) >= 11 is 0. The lowest BCUT2D eigenvalue weighted by atomic mass is 10.1. The minimum atomic E-state index is 1.01. The maximum absolute atomic E-state index is 4.97. The highest BCUT2D eigenvalue weighted by molar-refractivity contribution is 6.05. The van der Waals surface area contributed by atoms with Crippen molar-refractivity contribution in [1.82, 2.24) is 9.55 Å². The molecule has 0 aliphatic heterocycles. The molecule has 4 rings (SSSR count). The van der Waals surface area contributed by atoms with E-state index in [0.717, 1.165) is 29.9 Å². The minimum Gasteiger partial charge on any atom is -0.375 e. The van der Waals surface area contributed by atoms with Gasteiger partial charge in [-0.1, -0.05) is 37.3 Å². The molecule has 3 nitrogen and oxygen atoms in total. The van der Waals surface area contributed by atoms with Crippen LogP contribution in [-0.4, -0.2) is 23.1 Å². The number of rotatable bonds is 4. The van der Waals surface area contributed by atoms with Gasteiger partial charge in [-0.25, -0.2) is 4.98 Å². The third-order valence-electron chi connectivity index (χ3n) is 4.90. The maximum atomic E-state index is 4.97. The highest BCUT2D eigenvalue weighted by Gasteiger charge is 2.12. The summed E-state index contributed by atoms with van der Waals surface area (Å²) in [6.45, 7) is 3.27. The van der Waals surface area contributed by atoms with Crippen LogP contribution in [0.3, 0.4) is 0 Å². The average molecular weight is 329 g/mol. The molecule has 0 atom stereocenters. The fourth-order valence-corrected chi connectivity index (χ4v) is 3.51. The number of nitrogens with zero attached hydrogens (tertiary/aromatic N) is 3. The van der Waals surface area contributed by atoms with E-state index < -0.39 is 0 Å². The first-order valence-electron chi connectivity index (χ1n) is 8.85. The molecule has 1 heterocycles. The Hall–Kier alpha value is -2.81. The van der Waals surface area contributed by atoms with Gasteiger partial charge in [-0.15, -0.1) is 0 Å². The zero-order valence-electron chi connectivity index (χ0n) is 15.0. The molecule has 0 N–H and O–H groups in total. The van der Waals surface area contributed by atoms with Crippen LogP contribution in [0.4, 0.5) is 5.69 Å². The van der Waals surface area contributed by atoms with Gasteiger partial charge < -0.3 is 9.47 Å². The van der Waals surface area contributed by atoms with Crippen LogP contribution in [0.2, 0.25) is 0 Å². The van der Waals surface area contributed by atoms with Crippen LogP contribution in [0, 0.1) is 0 Å². The molecular weight excluding hydrogens is 306 g/mol. The number of fused-ring (bicyclic) bond motifs is 3. The lowest BCUT2D eigenvalue weighted by molar-refractivity contribution is 0.852. The average Bonchev–Trinajstić information content (AvgIpc) is 2.99. The summed E-state index contributed by atoms with van der Waals surface area (Å²) in [6.07, 6.45) is 1.15. The number of imidazole rings is 1. The predicted molar refractivity (Wildman–Crippen MR) is 107 cm³/mol. The van der Waals surface area contributed by atoms with Crippen molar-refractivity contribution in [2.75, 3.05) is 18.5 Å². The Morgan fingerprint density at radius 3 is 2.48 bits per heavy atom. The van der Waals surface area contributed by atoms with Gasteiger partial charge in [-0.05, 0) is 42.1 Å². The second-order valence-corrected chi connectivity index (χ2v) is 6.62. The fraction of sp³-hybridized carbons (Fsp3) is 0.227. The van der Waals surface area contributed by atoms with Crippen LogP contribution < -0.4 is 4.90 Å². The van der Waals surface area contributed by atoms with Gasteiger partial charge in [0.05, 0.1) is 11.0 Å². The maximum Gasteiger partial charge on any atom is 0.140 e. The van der Waals surface area contributed by atoms with Crippen molar-refractivity contribution in [3.05, 3.63) is 60.7 Å². The van der Waals surface area contributed by atoms with Gasteiger partial charge >= 0.3 is 0 Å². The lowest BCUT2D eigenvalue weighted by Gasteiger charge is -2.18. The van der Waals surface area contributed by atoms with Crippen LogP contribution in [0.15, 0.2) is 60.7 Å². The molecule has 126 valence electrons. The normalized spacial score (nSPS) is 11.3. The number of anilines is 1. The Morgan fingerprint density at radius 1 is 0.960 bits per heavy atom. The summed E-state index contributed by atoms with van der Waals surface area (Å²) < 4.78 is 2.19. The van der Waals surface area contributed by atoms with Gasteiger partial charge in [-0.2, -0.15) is 0 Å². The SMILES string of the molecule is CCCN(C)c1ccc(-c2nc3c4ccccc4ccc3n2C)cc1. The quantitative estimate of drug-likeness (QED) is 0.510. The van der Waals surface area contributed by atoms with Crippen molar-refractivity contribution in [3.8, 4) is 11.4 Å². The van der Waals surface area contributed by atoms with Crippen LogP contribution in [0.25, 0.3) is 33.2 Å². The Bertz CT molecular complexity index is 1030. The molecule has 0 aliphatic carbocycles. The van der Waals surface area contributed by atoms with E-state index in [1.165, 1.54) is 22.0 Å². The zero-order chi connectivity index (χ0) is 17.4. The molecule has 0 radical (unpaired) electrons. The molecule has 1 aromatic heterocycles. The molecule has 0 unspecified atom stereocenters. The number of aryl methyl sites for hydroxylation is 1. The molecule has 25 heavy (non-hydrogen) atoms. The van der Waals surface area contributed by atoms with Crippen molar-refractivity contribution in [3.63, 3.8) is 0 Å². The molecule has 3 heteroatoms. The predicted octanol–water partition coefficient (Wildman–Crippen LogP) is 5.24. The van der Waals surface area contributed by atoms with E-state index in [9.17, 15) is 0 Å². The van der Waals surface area contributed by atoms with Crippen molar-refractivity contribution in [1.29, 1.82) is 0 Å². The van der Waals surface area contributed by atoms with E-state index in [-0.39, 0.29) is 0 Å². The Morgan fingerprint density at radius 2 is 1.72 bits per heavy atom. The largest absolute Gasteiger partial charge is 0.375 e. The number of hydrogen-bond acceptors (Lipinski definition) is 2. The molecule has 0 aliphatic rings. The Kier molecular flexibility index (Phi) is 3.92. The summed E-state index contributed by atoms with van der Waals surface area (Å²) in [5.74, 6) is 1.01. The second-order valence-electron chi connectivity index (χ2n) is 6.62. The molecule has 0 fully saturated rings. The van der Waals surface area contributed by atoms with Crippen molar-refractivity contribution >= 4 is 27.5 Å². The smallest absolute Gasteiger partial charge is 0.140 e. The Balaban J connectivity index is 1.81. The summed E-state index contributed by atoms with van der Waals surface area (Å²) in [4.78, 5) is 7.25. The first-order valence-corrected chi connectivity index (χ1v) is 8.85. The van der Waals surface area contributed by atoms with E-state index in [0.29, 0.717) is 0 Å². The molecule has 3 aromatic carbocycles. The van der Waals surface area contributed by atoms with E-state index >= 15 is 0 Å². The molecule has 4 aromatic rings. The van der Waals surface area contributed by atoms with E-state index in [2.05, 4.69) is 91.1 Å². The summed E-state index contributed by atoms with van der Waals surface area (Å²) in [5.41, 5.74) is 4.63. The molecule has 0 bridgehead atoms. The van der Waals surface area contributed by atoms with Crippen LogP contribution in [-0.2, 0) is 7.05 Å². The molecule has 0 amide bonds. The molecule has 0 saturated heterocycles. The van der Waals surface area contributed by atoms with Crippen LogP contribution in [0.5, 0.6) is 0 Å². The van der Waals surface area contributed by atoms with Crippen LogP contribution >= 0.6 is 0 Å². The number of aromatic nitrogens is 2. The third-order valence-corrected chi connectivity index (χ3v) is 4.90. The van der Waals surface area contributed by atoms with Gasteiger partial charge in [0.2, 0.25) is 0 Å². The first-order chi connectivity index (χ1) is 12.2. The number of benzene rings is 3. The van der Waals surface area contributed by atoms with Crippen molar-refractivity contribution < 1.29 is 0 Å². The van der Waals surface area contributed by atoms with Crippen molar-refractivity contribution in [2.45, 2.75) is 13.3 Å². The van der Waals surface area contributed by atoms with E-state index in [4.69, 9.17) is 4.98 Å². The highest BCUT2D eigenvalue weighted by Crippen LogP contribution is 2.30. The monoisotopic (exact) mass is 329 g/mol. The summed E-state index contributed by atoms with van der Waals surface area (Å²) in [6, 6.07) is 21.5. The van der Waals surface area contributed by atoms with E-state index in [1.54, 1.807) is 0 Å². The molecular formula is C22H23N3. The third kappa shape index (κ3) is 2.66. The van der Waals surface area contributed by atoms with Gasteiger partial charge in [0.15, 0.2) is 0 Å². The standard InChI is InChI=1S/C22H23N3/c1-4-15-24(2)18-12-9-17(10-13-18)22-23-21-19-8-6-5-7-16(19)11-14-20(21)25(22)3/h5-14H,4,15H2,1-3H3. The van der Waals surface area contributed by atoms with Gasteiger partial charge in [0, 0.05) is 37.3 Å². The molecule has 0 spiro atoms. The van der Waals surface area contributed by atoms with Gasteiger partial charge in [-0.3, -0.25) is 0 Å². The highest BCUT2D eigenvalue weighted by atomic mass is 15.1. The van der Waals surface area contributed by atoms with Gasteiger partial charge in [0.1, 0.15) is 5.82 Å². The lowest BCUT2D eigenvalue weighted by Crippen LogP contribution is -2.17. The first kappa shape index (κ1) is 15.7. The fourth-order valence-electron chi connectivity index (χ4n) is 3.51. The summed E-state index contributed by atoms with van der Waals surface area (Å²) in [5, 5.41) is 2.44. The van der Waals surface area contributed by atoms with Crippen molar-refractivity contribution in [2.24, 2.45) is 7.05 Å². The Labute approximate surface area is 148 Å². The molecule has 0 saturated carbocycles. The topological polar surface area (TPSA) is 21.1 Å². The number of hydrogen-bond donors (Lipinski definition) is 0. The van der Waals surface area contributed by atoms with Crippen LogP contribution in [0.1, 0.15) is 13.3 Å². The summed E-state index contributed by atoms with van der Waals surface area (Å²) in [7, 11) is 4.23. The minimum absolute atomic E-state index is 1.01.